The van der Waals surface area contributed by atoms with Crippen LogP contribution in [-0.4, -0.2) is 30.3 Å². The number of esters is 1. The molecule has 0 saturated heterocycles. The van der Waals surface area contributed by atoms with Crippen molar-refractivity contribution in [2.75, 3.05) is 6.61 Å². The molecule has 0 aliphatic rings. The van der Waals surface area contributed by atoms with Gasteiger partial charge in [0.25, 0.3) is 0 Å². The summed E-state index contributed by atoms with van der Waals surface area (Å²) in [7, 11) is 0. The van der Waals surface area contributed by atoms with Crippen LogP contribution in [0, 0.1) is 0 Å². The first-order valence-corrected chi connectivity index (χ1v) is 10.1. The second kappa shape index (κ2) is 10.6. The van der Waals surface area contributed by atoms with Crippen molar-refractivity contribution in [2.24, 2.45) is 0 Å². The Balaban J connectivity index is 2.04. The van der Waals surface area contributed by atoms with Crippen LogP contribution in [0.3, 0.4) is 0 Å². The molecule has 0 bridgehead atoms. The fourth-order valence-electron chi connectivity index (χ4n) is 2.97. The lowest BCUT2D eigenvalue weighted by atomic mass is 9.98. The molecule has 0 radical (unpaired) electrons. The molecule has 156 valence electrons. The summed E-state index contributed by atoms with van der Waals surface area (Å²) in [4.78, 5) is 24.0. The first kappa shape index (κ1) is 22.5. The van der Waals surface area contributed by atoms with E-state index in [4.69, 9.17) is 9.47 Å². The summed E-state index contributed by atoms with van der Waals surface area (Å²) >= 11 is 0. The van der Waals surface area contributed by atoms with Gasteiger partial charge in [-0.1, -0.05) is 54.6 Å². The number of alkyl carbamates (subject to hydrolysis) is 1. The molecular formula is C24H31NO4. The Hall–Kier alpha value is -2.82. The number of amides is 1. The van der Waals surface area contributed by atoms with Crippen LogP contribution in [0.15, 0.2) is 54.6 Å². The number of hydrogen-bond acceptors (Lipinski definition) is 4. The third-order valence-electron chi connectivity index (χ3n) is 4.27. The molecule has 2 aromatic carbocycles. The summed E-state index contributed by atoms with van der Waals surface area (Å²) in [5.41, 5.74) is 2.80. The number of carbonyl (C=O) groups is 2. The van der Waals surface area contributed by atoms with Gasteiger partial charge in [0.05, 0.1) is 6.61 Å². The molecule has 0 aromatic heterocycles. The lowest BCUT2D eigenvalue weighted by Crippen LogP contribution is -2.40. The van der Waals surface area contributed by atoms with Gasteiger partial charge in [-0.2, -0.15) is 0 Å². The highest BCUT2D eigenvalue weighted by Crippen LogP contribution is 2.20. The molecule has 2 aromatic rings. The predicted octanol–water partition coefficient (Wildman–Crippen LogP) is 5.13. The Kier molecular flexibility index (Phi) is 8.25. The summed E-state index contributed by atoms with van der Waals surface area (Å²) in [6.07, 6.45) is 0.857. The third-order valence-corrected chi connectivity index (χ3v) is 4.27. The van der Waals surface area contributed by atoms with E-state index in [0.29, 0.717) is 19.4 Å². The number of nitrogens with one attached hydrogen (secondary N) is 1. The van der Waals surface area contributed by atoms with Gasteiger partial charge < -0.3 is 14.8 Å². The molecule has 1 atom stereocenters. The molecule has 0 heterocycles. The van der Waals surface area contributed by atoms with Crippen molar-refractivity contribution in [1.29, 1.82) is 0 Å². The van der Waals surface area contributed by atoms with E-state index in [0.717, 1.165) is 16.7 Å². The Bertz CT molecular complexity index is 779. The van der Waals surface area contributed by atoms with E-state index in [1.54, 1.807) is 6.92 Å². The lowest BCUT2D eigenvalue weighted by Gasteiger charge is -2.23. The lowest BCUT2D eigenvalue weighted by molar-refractivity contribution is -0.143. The highest BCUT2D eigenvalue weighted by Gasteiger charge is 2.20. The van der Waals surface area contributed by atoms with Crippen LogP contribution in [0.5, 0.6) is 0 Å². The van der Waals surface area contributed by atoms with Crippen molar-refractivity contribution in [2.45, 2.75) is 58.6 Å². The van der Waals surface area contributed by atoms with Gasteiger partial charge in [0.1, 0.15) is 5.60 Å². The van der Waals surface area contributed by atoms with E-state index in [-0.39, 0.29) is 18.4 Å². The average Bonchev–Trinajstić information content (AvgIpc) is 2.66. The normalized spacial score (nSPS) is 12.1. The SMILES string of the molecule is CCOC(=O)CC[C@H](Cc1ccc(-c2ccccc2)cc1)NC(=O)OC(C)(C)C. The molecule has 5 heteroatoms. The molecule has 0 saturated carbocycles. The molecule has 5 nitrogen and oxygen atoms in total. The quantitative estimate of drug-likeness (QED) is 0.627. The van der Waals surface area contributed by atoms with Crippen LogP contribution >= 0.6 is 0 Å². The maximum absolute atomic E-state index is 12.2. The molecule has 2 rings (SSSR count). The maximum atomic E-state index is 12.2. The van der Waals surface area contributed by atoms with Gasteiger partial charge in [-0.05, 0) is 57.2 Å². The fourth-order valence-corrected chi connectivity index (χ4v) is 2.97. The standard InChI is InChI=1S/C24H31NO4/c1-5-28-22(26)16-15-21(25-23(27)29-24(2,3)4)17-18-11-13-20(14-12-18)19-9-7-6-8-10-19/h6-14,21H,5,15-17H2,1-4H3,(H,25,27)/t21-/m1/s1. The van der Waals surface area contributed by atoms with Crippen LogP contribution in [0.1, 0.15) is 46.1 Å². The minimum absolute atomic E-state index is 0.225. The van der Waals surface area contributed by atoms with E-state index in [9.17, 15) is 9.59 Å². The van der Waals surface area contributed by atoms with E-state index in [2.05, 4.69) is 41.7 Å². The molecule has 0 aliphatic carbocycles. The zero-order valence-electron chi connectivity index (χ0n) is 17.7. The Morgan fingerprint density at radius 2 is 1.59 bits per heavy atom. The first-order valence-electron chi connectivity index (χ1n) is 10.1. The van der Waals surface area contributed by atoms with Crippen LogP contribution < -0.4 is 5.32 Å². The monoisotopic (exact) mass is 397 g/mol. The second-order valence-corrected chi connectivity index (χ2v) is 7.95. The molecule has 1 N–H and O–H groups in total. The molecule has 0 aliphatic heterocycles. The van der Waals surface area contributed by atoms with Crippen molar-refractivity contribution in [3.63, 3.8) is 0 Å². The minimum atomic E-state index is -0.576. The average molecular weight is 398 g/mol. The van der Waals surface area contributed by atoms with Crippen molar-refractivity contribution >= 4 is 12.1 Å². The van der Waals surface area contributed by atoms with E-state index in [1.165, 1.54) is 0 Å². The van der Waals surface area contributed by atoms with Crippen LogP contribution in [0.25, 0.3) is 11.1 Å². The van der Waals surface area contributed by atoms with Crippen molar-refractivity contribution < 1.29 is 19.1 Å². The van der Waals surface area contributed by atoms with Crippen LogP contribution in [-0.2, 0) is 20.7 Å². The van der Waals surface area contributed by atoms with Crippen LogP contribution in [0.4, 0.5) is 4.79 Å². The maximum Gasteiger partial charge on any atom is 0.407 e. The minimum Gasteiger partial charge on any atom is -0.466 e. The third kappa shape index (κ3) is 8.38. The highest BCUT2D eigenvalue weighted by molar-refractivity contribution is 5.70. The largest absolute Gasteiger partial charge is 0.466 e. The van der Waals surface area contributed by atoms with E-state index < -0.39 is 11.7 Å². The van der Waals surface area contributed by atoms with Gasteiger partial charge in [0, 0.05) is 12.5 Å². The topological polar surface area (TPSA) is 64.6 Å². The highest BCUT2D eigenvalue weighted by atomic mass is 16.6. The van der Waals surface area contributed by atoms with Gasteiger partial charge >= 0.3 is 12.1 Å². The van der Waals surface area contributed by atoms with Gasteiger partial charge in [-0.15, -0.1) is 0 Å². The van der Waals surface area contributed by atoms with E-state index in [1.807, 2.05) is 39.0 Å². The zero-order valence-corrected chi connectivity index (χ0v) is 17.7. The van der Waals surface area contributed by atoms with E-state index >= 15 is 0 Å². The van der Waals surface area contributed by atoms with Gasteiger partial charge in [0.15, 0.2) is 0 Å². The molecule has 0 unspecified atom stereocenters. The van der Waals surface area contributed by atoms with Gasteiger partial charge in [0.2, 0.25) is 0 Å². The van der Waals surface area contributed by atoms with Gasteiger partial charge in [-0.3, -0.25) is 4.79 Å². The zero-order chi connectivity index (χ0) is 21.3. The van der Waals surface area contributed by atoms with Crippen molar-refractivity contribution in [1.82, 2.24) is 5.32 Å². The predicted molar refractivity (Wildman–Crippen MR) is 115 cm³/mol. The second-order valence-electron chi connectivity index (χ2n) is 7.95. The van der Waals surface area contributed by atoms with Crippen molar-refractivity contribution in [3.05, 3.63) is 60.2 Å². The Labute approximate surface area is 173 Å². The summed E-state index contributed by atoms with van der Waals surface area (Å²) < 4.78 is 10.4. The summed E-state index contributed by atoms with van der Waals surface area (Å²) in [6.45, 7) is 7.60. The van der Waals surface area contributed by atoms with Gasteiger partial charge in [-0.25, -0.2) is 4.79 Å². The summed E-state index contributed by atoms with van der Waals surface area (Å²) in [6, 6.07) is 18.2. The fraction of sp³-hybridized carbons (Fsp3) is 0.417. The first-order chi connectivity index (χ1) is 13.8. The summed E-state index contributed by atoms with van der Waals surface area (Å²) in [5, 5.41) is 2.90. The molecular weight excluding hydrogens is 366 g/mol. The number of carbonyl (C=O) groups excluding carboxylic acids is 2. The number of hydrogen-bond donors (Lipinski definition) is 1. The Morgan fingerprint density at radius 3 is 2.17 bits per heavy atom. The molecule has 0 fully saturated rings. The molecule has 0 spiro atoms. The molecule has 1 amide bonds. The Morgan fingerprint density at radius 1 is 0.966 bits per heavy atom. The number of ether oxygens (including phenoxy) is 2. The summed E-state index contributed by atoms with van der Waals surface area (Å²) in [5.74, 6) is -0.261. The smallest absolute Gasteiger partial charge is 0.407 e. The van der Waals surface area contributed by atoms with Crippen LogP contribution in [0.2, 0.25) is 0 Å². The molecule has 29 heavy (non-hydrogen) atoms. The van der Waals surface area contributed by atoms with Crippen molar-refractivity contribution in [3.8, 4) is 11.1 Å². The number of rotatable bonds is 8. The number of benzene rings is 2.